The van der Waals surface area contributed by atoms with Crippen LogP contribution in [0, 0.1) is 0 Å². The number of fused-ring (bicyclic) bond motifs is 1. The molecule has 1 unspecified atom stereocenters. The van der Waals surface area contributed by atoms with Crippen molar-refractivity contribution in [2.24, 2.45) is 0 Å². The number of aliphatic hydroxyl groups is 1. The highest BCUT2D eigenvalue weighted by molar-refractivity contribution is 6.51. The zero-order valence-corrected chi connectivity index (χ0v) is 21.3. The Kier molecular flexibility index (Phi) is 6.69. The number of hydrogen-bond donors (Lipinski definition) is 3. The maximum Gasteiger partial charge on any atom is 0.302 e. The van der Waals surface area contributed by atoms with Crippen molar-refractivity contribution in [3.63, 3.8) is 0 Å². The smallest absolute Gasteiger partial charge is 0.302 e. The Morgan fingerprint density at radius 2 is 1.76 bits per heavy atom. The van der Waals surface area contributed by atoms with Crippen LogP contribution in [0.15, 0.2) is 66.2 Å². The molecular formula is C28H24ClN3O6. The number of benzene rings is 3. The molecule has 2 heterocycles. The summed E-state index contributed by atoms with van der Waals surface area (Å²) in [7, 11) is 0. The molecule has 1 aromatic heterocycles. The lowest BCUT2D eigenvalue weighted by molar-refractivity contribution is -0.132. The first-order valence-corrected chi connectivity index (χ1v) is 12.4. The Hall–Kier alpha value is -4.50. The van der Waals surface area contributed by atoms with Crippen molar-refractivity contribution in [2.75, 3.05) is 18.1 Å². The number of aliphatic hydroxyl groups excluding tert-OH is 1. The second kappa shape index (κ2) is 10.1. The number of hydrogen-bond acceptors (Lipinski definition) is 7. The van der Waals surface area contributed by atoms with E-state index in [1.54, 1.807) is 38.1 Å². The maximum atomic E-state index is 13.5. The molecule has 0 radical (unpaired) electrons. The predicted octanol–water partition coefficient (Wildman–Crippen LogP) is 5.35. The van der Waals surface area contributed by atoms with Gasteiger partial charge in [0.2, 0.25) is 5.95 Å². The van der Waals surface area contributed by atoms with Crippen LogP contribution in [0.2, 0.25) is 5.02 Å². The van der Waals surface area contributed by atoms with Gasteiger partial charge < -0.3 is 24.7 Å². The second-order valence-electron chi connectivity index (χ2n) is 8.49. The van der Waals surface area contributed by atoms with Crippen molar-refractivity contribution in [3.8, 4) is 17.2 Å². The summed E-state index contributed by atoms with van der Waals surface area (Å²) in [4.78, 5) is 35.7. The molecule has 10 heteroatoms. The minimum Gasteiger partial charge on any atom is -0.507 e. The number of para-hydroxylation sites is 2. The van der Waals surface area contributed by atoms with E-state index in [2.05, 4.69) is 9.97 Å². The third-order valence-electron chi connectivity index (χ3n) is 6.15. The van der Waals surface area contributed by atoms with E-state index in [0.29, 0.717) is 34.0 Å². The number of Topliss-reactive ketones (excluding diaryl/α,β-unsaturated/α-hetero) is 1. The average Bonchev–Trinajstić information content (AvgIpc) is 3.45. The zero-order valence-electron chi connectivity index (χ0n) is 20.6. The van der Waals surface area contributed by atoms with Crippen molar-refractivity contribution < 1.29 is 29.3 Å². The molecule has 0 saturated carbocycles. The minimum atomic E-state index is -1.08. The third-order valence-corrected chi connectivity index (χ3v) is 6.47. The summed E-state index contributed by atoms with van der Waals surface area (Å²) in [5, 5.41) is 22.0. The number of aromatic nitrogens is 2. The molecule has 3 N–H and O–H groups in total. The zero-order chi connectivity index (χ0) is 27.0. The van der Waals surface area contributed by atoms with Gasteiger partial charge >= 0.3 is 5.91 Å². The molecule has 3 aromatic carbocycles. The molecule has 38 heavy (non-hydrogen) atoms. The van der Waals surface area contributed by atoms with Gasteiger partial charge in [0.25, 0.3) is 5.78 Å². The molecule has 9 nitrogen and oxygen atoms in total. The van der Waals surface area contributed by atoms with Crippen LogP contribution in [0.5, 0.6) is 17.2 Å². The summed E-state index contributed by atoms with van der Waals surface area (Å²) >= 11 is 6.22. The molecule has 1 fully saturated rings. The van der Waals surface area contributed by atoms with Crippen LogP contribution in [-0.2, 0) is 9.59 Å². The molecule has 1 aliphatic rings. The number of ketones is 1. The van der Waals surface area contributed by atoms with Gasteiger partial charge in [-0.15, -0.1) is 0 Å². The van der Waals surface area contributed by atoms with E-state index >= 15 is 0 Å². The standard InChI is InChI=1S/C28H24ClN3O6/c1-3-37-21-14-16(9-11-17(21)29)25(34)23-24(15-10-12-20(33)22(13-15)38-4-2)32(27(36)26(23)35)28-30-18-7-5-6-8-19(18)31-28/h5-14,24,33-34H,3-4H2,1-2H3,(H,30,31)/b25-23+. The maximum absolute atomic E-state index is 13.5. The number of rotatable bonds is 7. The number of ether oxygens (including phenoxy) is 2. The van der Waals surface area contributed by atoms with Crippen LogP contribution in [0.25, 0.3) is 16.8 Å². The number of imidazole rings is 1. The Labute approximate surface area is 222 Å². The lowest BCUT2D eigenvalue weighted by Gasteiger charge is -2.23. The Morgan fingerprint density at radius 3 is 2.50 bits per heavy atom. The number of carbonyl (C=O) groups is 2. The number of phenolic OH excluding ortho intramolecular Hbond substituents is 1. The highest BCUT2D eigenvalue weighted by Crippen LogP contribution is 2.44. The number of nitrogens with one attached hydrogen (secondary N) is 1. The number of halogens is 1. The van der Waals surface area contributed by atoms with Crippen LogP contribution < -0.4 is 14.4 Å². The fourth-order valence-corrected chi connectivity index (χ4v) is 4.64. The van der Waals surface area contributed by atoms with Crippen molar-refractivity contribution >= 4 is 46.0 Å². The number of aromatic hydroxyl groups is 1. The number of nitrogens with zero attached hydrogens (tertiary/aromatic N) is 2. The fraction of sp³-hybridized carbons (Fsp3) is 0.179. The van der Waals surface area contributed by atoms with Gasteiger partial charge in [0.1, 0.15) is 11.5 Å². The summed E-state index contributed by atoms with van der Waals surface area (Å²) in [6, 6.07) is 15.2. The summed E-state index contributed by atoms with van der Waals surface area (Å²) < 4.78 is 11.1. The Balaban J connectivity index is 1.73. The third kappa shape index (κ3) is 4.31. The molecule has 1 atom stereocenters. The van der Waals surface area contributed by atoms with Crippen molar-refractivity contribution in [1.82, 2.24) is 9.97 Å². The second-order valence-corrected chi connectivity index (χ2v) is 8.89. The summed E-state index contributed by atoms with van der Waals surface area (Å²) in [5.74, 6) is -1.65. The van der Waals surface area contributed by atoms with Crippen LogP contribution in [0.1, 0.15) is 31.0 Å². The lowest BCUT2D eigenvalue weighted by atomic mass is 9.95. The molecule has 5 rings (SSSR count). The van der Waals surface area contributed by atoms with Crippen LogP contribution >= 0.6 is 11.6 Å². The normalized spacial score (nSPS) is 16.8. The minimum absolute atomic E-state index is 0.102. The molecule has 1 amide bonds. The topological polar surface area (TPSA) is 125 Å². The predicted molar refractivity (Wildman–Crippen MR) is 143 cm³/mol. The number of phenols is 1. The monoisotopic (exact) mass is 533 g/mol. The van der Waals surface area contributed by atoms with E-state index in [1.165, 1.54) is 29.2 Å². The summed E-state index contributed by atoms with van der Waals surface area (Å²) in [6.07, 6.45) is 0. The van der Waals surface area contributed by atoms with Gasteiger partial charge in [-0.3, -0.25) is 14.5 Å². The molecule has 1 aliphatic heterocycles. The fourth-order valence-electron chi connectivity index (χ4n) is 4.46. The van der Waals surface area contributed by atoms with Crippen LogP contribution in [0.3, 0.4) is 0 Å². The number of H-pyrrole nitrogens is 1. The first-order valence-electron chi connectivity index (χ1n) is 12.0. The molecule has 4 aromatic rings. The molecule has 194 valence electrons. The first kappa shape index (κ1) is 25.2. The van der Waals surface area contributed by atoms with E-state index in [1.807, 2.05) is 12.1 Å². The van der Waals surface area contributed by atoms with E-state index in [-0.39, 0.29) is 35.2 Å². The average molecular weight is 534 g/mol. The van der Waals surface area contributed by atoms with Crippen molar-refractivity contribution in [3.05, 3.63) is 82.4 Å². The van der Waals surface area contributed by atoms with Gasteiger partial charge in [0, 0.05) is 5.56 Å². The van der Waals surface area contributed by atoms with Gasteiger partial charge in [0.05, 0.1) is 40.9 Å². The van der Waals surface area contributed by atoms with Gasteiger partial charge in [0.15, 0.2) is 11.5 Å². The highest BCUT2D eigenvalue weighted by atomic mass is 35.5. The number of amides is 1. The quantitative estimate of drug-likeness (QED) is 0.166. The van der Waals surface area contributed by atoms with Gasteiger partial charge in [-0.1, -0.05) is 29.8 Å². The summed E-state index contributed by atoms with van der Waals surface area (Å²) in [5.41, 5.74) is 1.78. The Morgan fingerprint density at radius 1 is 1.03 bits per heavy atom. The van der Waals surface area contributed by atoms with E-state index in [0.717, 1.165) is 0 Å². The van der Waals surface area contributed by atoms with Crippen LogP contribution in [0.4, 0.5) is 5.95 Å². The molecule has 0 bridgehead atoms. The Bertz CT molecular complexity index is 1560. The molecule has 1 saturated heterocycles. The van der Waals surface area contributed by atoms with E-state index in [9.17, 15) is 19.8 Å². The van der Waals surface area contributed by atoms with Gasteiger partial charge in [-0.25, -0.2) is 4.98 Å². The molecular weight excluding hydrogens is 510 g/mol. The number of carbonyl (C=O) groups excluding carboxylic acids is 2. The summed E-state index contributed by atoms with van der Waals surface area (Å²) in [6.45, 7) is 4.19. The van der Waals surface area contributed by atoms with Crippen molar-refractivity contribution in [2.45, 2.75) is 19.9 Å². The van der Waals surface area contributed by atoms with E-state index < -0.39 is 23.5 Å². The van der Waals surface area contributed by atoms with E-state index in [4.69, 9.17) is 21.1 Å². The number of anilines is 1. The molecule has 0 aliphatic carbocycles. The van der Waals surface area contributed by atoms with Gasteiger partial charge in [-0.2, -0.15) is 0 Å². The number of aromatic amines is 1. The SMILES string of the molecule is CCOc1cc(C2/C(=C(\O)c3ccc(Cl)c(OCC)c3)C(=O)C(=O)N2c2nc3ccccc3[nH]2)ccc1O. The molecule has 0 spiro atoms. The van der Waals surface area contributed by atoms with Crippen molar-refractivity contribution in [1.29, 1.82) is 0 Å². The van der Waals surface area contributed by atoms with Gasteiger partial charge in [-0.05, 0) is 61.9 Å². The lowest BCUT2D eigenvalue weighted by Crippen LogP contribution is -2.30. The largest absolute Gasteiger partial charge is 0.507 e. The first-order chi connectivity index (χ1) is 18.3. The highest BCUT2D eigenvalue weighted by Gasteiger charge is 2.48. The van der Waals surface area contributed by atoms with Crippen LogP contribution in [-0.4, -0.2) is 45.1 Å².